The number of rotatable bonds is 3. The Morgan fingerprint density at radius 3 is 2.44 bits per heavy atom. The van der Waals surface area contributed by atoms with Crippen LogP contribution in [0.2, 0.25) is 0 Å². The van der Waals surface area contributed by atoms with E-state index >= 15 is 0 Å². The molecule has 0 bridgehead atoms. The second-order valence-corrected chi connectivity index (χ2v) is 6.21. The molecule has 2 N–H and O–H groups in total. The van der Waals surface area contributed by atoms with Crippen LogP contribution in [-0.2, 0) is 0 Å². The first kappa shape index (κ1) is 15.7. The Morgan fingerprint density at radius 2 is 1.72 bits per heavy atom. The molecule has 126 valence electrons. The van der Waals surface area contributed by atoms with Crippen LogP contribution < -0.4 is 10.6 Å². The Balaban J connectivity index is 1.78. The zero-order chi connectivity index (χ0) is 17.1. The van der Waals surface area contributed by atoms with Crippen molar-refractivity contribution in [1.29, 1.82) is 0 Å². The van der Waals surface area contributed by atoms with Gasteiger partial charge in [-0.2, -0.15) is 0 Å². The average molecular weight is 332 g/mol. The molecule has 0 aliphatic carbocycles. The van der Waals surface area contributed by atoms with Crippen molar-refractivity contribution in [2.75, 3.05) is 18.0 Å². The molecule has 1 aliphatic rings. The summed E-state index contributed by atoms with van der Waals surface area (Å²) in [5.41, 5.74) is 8.66. The maximum atomic E-state index is 6.04. The van der Waals surface area contributed by atoms with Gasteiger partial charge >= 0.3 is 0 Å². The summed E-state index contributed by atoms with van der Waals surface area (Å²) in [4.78, 5) is 20.3. The fourth-order valence-electron chi connectivity index (χ4n) is 3.00. The fourth-order valence-corrected chi connectivity index (χ4v) is 3.00. The van der Waals surface area contributed by atoms with Crippen LogP contribution in [0.1, 0.15) is 12.8 Å². The van der Waals surface area contributed by atoms with E-state index in [-0.39, 0.29) is 6.04 Å². The lowest BCUT2D eigenvalue weighted by Crippen LogP contribution is -2.40. The smallest absolute Gasteiger partial charge is 0.162 e. The van der Waals surface area contributed by atoms with Crippen LogP contribution in [0.3, 0.4) is 0 Å². The quantitative estimate of drug-likeness (QED) is 0.794. The summed E-state index contributed by atoms with van der Waals surface area (Å²) in [5.74, 6) is 1.62. The zero-order valence-electron chi connectivity index (χ0n) is 13.9. The molecule has 1 fully saturated rings. The van der Waals surface area contributed by atoms with E-state index in [1.165, 1.54) is 0 Å². The third-order valence-corrected chi connectivity index (χ3v) is 4.44. The highest BCUT2D eigenvalue weighted by atomic mass is 15.2. The Labute approximate surface area is 146 Å². The fraction of sp³-hybridized carbons (Fsp3) is 0.263. The van der Waals surface area contributed by atoms with Gasteiger partial charge in [-0.25, -0.2) is 9.97 Å². The largest absolute Gasteiger partial charge is 0.356 e. The van der Waals surface area contributed by atoms with Crippen LogP contribution in [-0.4, -0.2) is 39.1 Å². The van der Waals surface area contributed by atoms with Crippen LogP contribution in [0.4, 0.5) is 5.82 Å². The van der Waals surface area contributed by atoms with Crippen molar-refractivity contribution >= 4 is 5.82 Å². The van der Waals surface area contributed by atoms with Gasteiger partial charge in [-0.1, -0.05) is 6.07 Å². The van der Waals surface area contributed by atoms with Crippen LogP contribution in [0.15, 0.2) is 55.0 Å². The van der Waals surface area contributed by atoms with Gasteiger partial charge in [0.15, 0.2) is 5.82 Å². The molecule has 25 heavy (non-hydrogen) atoms. The predicted molar refractivity (Wildman–Crippen MR) is 97.9 cm³/mol. The van der Waals surface area contributed by atoms with Gasteiger partial charge in [0.1, 0.15) is 5.82 Å². The lowest BCUT2D eigenvalue weighted by molar-refractivity contribution is 0.498. The summed E-state index contributed by atoms with van der Waals surface area (Å²) in [6, 6.07) is 12.0. The molecule has 0 atom stereocenters. The minimum absolute atomic E-state index is 0.285. The van der Waals surface area contributed by atoms with Gasteiger partial charge in [0.25, 0.3) is 0 Å². The standard InChI is InChI=1S/C19H20N6/c20-15-6-11-25(12-7-15)18-13-17(16-3-1-2-8-22-16)23-19(24-18)14-4-9-21-10-5-14/h1-5,8-10,13,15H,6-7,11-12,20H2. The molecule has 1 aliphatic heterocycles. The van der Waals surface area contributed by atoms with Crippen molar-refractivity contribution in [2.24, 2.45) is 5.73 Å². The highest BCUT2D eigenvalue weighted by molar-refractivity contribution is 5.65. The second-order valence-electron chi connectivity index (χ2n) is 6.21. The molecule has 0 radical (unpaired) electrons. The SMILES string of the molecule is NC1CCN(c2cc(-c3ccccn3)nc(-c3ccncc3)n2)CC1. The molecule has 6 nitrogen and oxygen atoms in total. The molecule has 0 saturated carbocycles. The molecule has 0 unspecified atom stereocenters. The van der Waals surface area contributed by atoms with Gasteiger partial charge in [0.05, 0.1) is 11.4 Å². The molecule has 4 heterocycles. The van der Waals surface area contributed by atoms with Gasteiger partial charge < -0.3 is 10.6 Å². The highest BCUT2D eigenvalue weighted by Gasteiger charge is 2.19. The van der Waals surface area contributed by atoms with Crippen LogP contribution in [0.25, 0.3) is 22.8 Å². The molecular formula is C19H20N6. The van der Waals surface area contributed by atoms with Crippen molar-refractivity contribution < 1.29 is 0 Å². The van der Waals surface area contributed by atoms with E-state index in [1.807, 2.05) is 36.4 Å². The van der Waals surface area contributed by atoms with Crippen molar-refractivity contribution in [2.45, 2.75) is 18.9 Å². The molecule has 6 heteroatoms. The Bertz CT molecular complexity index is 771. The summed E-state index contributed by atoms with van der Waals surface area (Å²) in [6.45, 7) is 1.82. The van der Waals surface area contributed by atoms with Crippen LogP contribution in [0.5, 0.6) is 0 Å². The van der Waals surface area contributed by atoms with Crippen molar-refractivity contribution in [3.05, 3.63) is 55.0 Å². The number of piperidine rings is 1. The Kier molecular flexibility index (Phi) is 4.35. The summed E-state index contributed by atoms with van der Waals surface area (Å²) < 4.78 is 0. The van der Waals surface area contributed by atoms with E-state index < -0.39 is 0 Å². The summed E-state index contributed by atoms with van der Waals surface area (Å²) >= 11 is 0. The Morgan fingerprint density at radius 1 is 0.920 bits per heavy atom. The third-order valence-electron chi connectivity index (χ3n) is 4.44. The van der Waals surface area contributed by atoms with Gasteiger partial charge in [-0.05, 0) is 37.1 Å². The zero-order valence-corrected chi connectivity index (χ0v) is 13.9. The molecule has 0 amide bonds. The molecule has 1 saturated heterocycles. The third kappa shape index (κ3) is 3.49. The van der Waals surface area contributed by atoms with Crippen molar-refractivity contribution in [3.8, 4) is 22.8 Å². The predicted octanol–water partition coefficient (Wildman–Crippen LogP) is 2.53. The molecule has 0 spiro atoms. The summed E-state index contributed by atoms with van der Waals surface area (Å²) in [7, 11) is 0. The Hall–Kier alpha value is -2.86. The van der Waals surface area contributed by atoms with E-state index in [1.54, 1.807) is 18.6 Å². The molecule has 3 aromatic heterocycles. The van der Waals surface area contributed by atoms with Crippen molar-refractivity contribution in [3.63, 3.8) is 0 Å². The number of nitrogens with two attached hydrogens (primary N) is 1. The first-order valence-electron chi connectivity index (χ1n) is 8.51. The highest BCUT2D eigenvalue weighted by Crippen LogP contribution is 2.26. The minimum atomic E-state index is 0.285. The van der Waals surface area contributed by atoms with E-state index in [9.17, 15) is 0 Å². The first-order chi connectivity index (χ1) is 12.3. The van der Waals surface area contributed by atoms with Crippen LogP contribution in [0, 0.1) is 0 Å². The minimum Gasteiger partial charge on any atom is -0.356 e. The maximum absolute atomic E-state index is 6.04. The first-order valence-corrected chi connectivity index (χ1v) is 8.51. The number of anilines is 1. The summed E-state index contributed by atoms with van der Waals surface area (Å²) in [6.07, 6.45) is 7.25. The van der Waals surface area contributed by atoms with Gasteiger partial charge in [0, 0.05) is 49.4 Å². The molecule has 4 rings (SSSR count). The number of hydrogen-bond donors (Lipinski definition) is 1. The number of pyridine rings is 2. The molecule has 0 aromatic carbocycles. The lowest BCUT2D eigenvalue weighted by Gasteiger charge is -2.31. The summed E-state index contributed by atoms with van der Waals surface area (Å²) in [5, 5.41) is 0. The van der Waals surface area contributed by atoms with E-state index in [0.717, 1.165) is 48.7 Å². The van der Waals surface area contributed by atoms with E-state index in [0.29, 0.717) is 5.82 Å². The van der Waals surface area contributed by atoms with Gasteiger partial charge in [-0.15, -0.1) is 0 Å². The number of nitrogens with zero attached hydrogens (tertiary/aromatic N) is 5. The average Bonchev–Trinajstić information content (AvgIpc) is 2.69. The van der Waals surface area contributed by atoms with Crippen LogP contribution >= 0.6 is 0 Å². The van der Waals surface area contributed by atoms with E-state index in [2.05, 4.69) is 14.9 Å². The topological polar surface area (TPSA) is 80.8 Å². The van der Waals surface area contributed by atoms with E-state index in [4.69, 9.17) is 15.7 Å². The van der Waals surface area contributed by atoms with Gasteiger partial charge in [0.2, 0.25) is 0 Å². The normalized spacial score (nSPS) is 15.3. The number of hydrogen-bond acceptors (Lipinski definition) is 6. The van der Waals surface area contributed by atoms with Crippen molar-refractivity contribution in [1.82, 2.24) is 19.9 Å². The molecule has 3 aromatic rings. The number of aromatic nitrogens is 4. The van der Waals surface area contributed by atoms with Gasteiger partial charge in [-0.3, -0.25) is 9.97 Å². The second kappa shape index (κ2) is 6.94. The molecular weight excluding hydrogens is 312 g/mol. The monoisotopic (exact) mass is 332 g/mol. The maximum Gasteiger partial charge on any atom is 0.162 e. The lowest BCUT2D eigenvalue weighted by atomic mass is 10.1.